The van der Waals surface area contributed by atoms with E-state index in [1.807, 2.05) is 36.2 Å². The summed E-state index contributed by atoms with van der Waals surface area (Å²) in [5, 5.41) is 0. The quantitative estimate of drug-likeness (QED) is 0.627. The van der Waals surface area contributed by atoms with Crippen LogP contribution in [0, 0.1) is 6.92 Å². The summed E-state index contributed by atoms with van der Waals surface area (Å²) in [6.45, 7) is 3.18. The van der Waals surface area contributed by atoms with Crippen LogP contribution < -0.4 is 10.6 Å². The lowest BCUT2D eigenvalue weighted by Gasteiger charge is -2.26. The number of pyridine rings is 1. The van der Waals surface area contributed by atoms with Gasteiger partial charge in [0.15, 0.2) is 0 Å². The number of hydrogen-bond acceptors (Lipinski definition) is 6. The molecular formula is C20H18F3N5OS. The second kappa shape index (κ2) is 8.02. The summed E-state index contributed by atoms with van der Waals surface area (Å²) in [6.07, 6.45) is 1.57. The van der Waals surface area contributed by atoms with Gasteiger partial charge >= 0.3 is 11.9 Å². The number of rotatable bonds is 4. The van der Waals surface area contributed by atoms with Crippen molar-refractivity contribution in [3.05, 3.63) is 74.4 Å². The minimum Gasteiger partial charge on any atom is -0.337 e. The molecule has 6 nitrogen and oxygen atoms in total. The predicted octanol–water partition coefficient (Wildman–Crippen LogP) is 3.76. The molecule has 0 unspecified atom stereocenters. The number of thiophene rings is 1. The first kappa shape index (κ1) is 20.3. The fourth-order valence-electron chi connectivity index (χ4n) is 3.13. The number of alkyl halides is 3. The lowest BCUT2D eigenvalue weighted by molar-refractivity contribution is -0.134. The monoisotopic (exact) mass is 433 g/mol. The van der Waals surface area contributed by atoms with Crippen LogP contribution >= 0.6 is 11.3 Å². The molecule has 156 valence electrons. The zero-order valence-electron chi connectivity index (χ0n) is 16.1. The van der Waals surface area contributed by atoms with Gasteiger partial charge in [-0.25, -0.2) is 9.78 Å². The summed E-state index contributed by atoms with van der Waals surface area (Å²) >= 11 is 0.610. The Morgan fingerprint density at radius 1 is 1.17 bits per heavy atom. The molecule has 0 amide bonds. The fraction of sp³-hybridized carbons (Fsp3) is 0.300. The maximum atomic E-state index is 12.7. The molecule has 10 heteroatoms. The van der Waals surface area contributed by atoms with Crippen molar-refractivity contribution in [1.29, 1.82) is 0 Å². The van der Waals surface area contributed by atoms with Crippen LogP contribution in [0.3, 0.4) is 0 Å². The van der Waals surface area contributed by atoms with Crippen LogP contribution in [-0.2, 0) is 12.7 Å². The van der Waals surface area contributed by atoms with E-state index in [-0.39, 0.29) is 6.54 Å². The van der Waals surface area contributed by atoms with E-state index in [1.165, 1.54) is 17.0 Å². The number of aryl methyl sites for hydroxylation is 1. The van der Waals surface area contributed by atoms with Crippen LogP contribution in [0.2, 0.25) is 0 Å². The van der Waals surface area contributed by atoms with Crippen LogP contribution in [-0.4, -0.2) is 32.6 Å². The molecule has 0 N–H and O–H groups in total. The molecule has 3 aromatic heterocycles. The maximum Gasteiger partial charge on any atom is 0.425 e. The van der Waals surface area contributed by atoms with Gasteiger partial charge in [-0.3, -0.25) is 9.55 Å². The topological polar surface area (TPSA) is 63.9 Å². The molecule has 0 aromatic carbocycles. The van der Waals surface area contributed by atoms with Gasteiger partial charge in [-0.1, -0.05) is 12.1 Å². The van der Waals surface area contributed by atoms with E-state index < -0.39 is 16.7 Å². The lowest BCUT2D eigenvalue weighted by Crippen LogP contribution is -2.34. The molecular weight excluding hydrogens is 415 g/mol. The molecule has 0 atom stereocenters. The van der Waals surface area contributed by atoms with Crippen molar-refractivity contribution in [3.8, 4) is 0 Å². The van der Waals surface area contributed by atoms with Crippen LogP contribution in [0.5, 0.6) is 0 Å². The summed E-state index contributed by atoms with van der Waals surface area (Å²) in [6, 6.07) is 6.39. The van der Waals surface area contributed by atoms with E-state index in [0.29, 0.717) is 35.3 Å². The molecule has 0 spiro atoms. The third-order valence-corrected chi connectivity index (χ3v) is 5.87. The molecule has 4 rings (SSSR count). The minimum absolute atomic E-state index is 0.00298. The second-order valence-corrected chi connectivity index (χ2v) is 8.15. The van der Waals surface area contributed by atoms with E-state index in [0.717, 1.165) is 29.3 Å². The van der Waals surface area contributed by atoms with Gasteiger partial charge in [0.25, 0.3) is 0 Å². The molecule has 3 aromatic rings. The zero-order valence-corrected chi connectivity index (χ0v) is 16.9. The van der Waals surface area contributed by atoms with E-state index in [9.17, 15) is 18.0 Å². The van der Waals surface area contributed by atoms with Gasteiger partial charge in [0, 0.05) is 24.2 Å². The van der Waals surface area contributed by atoms with Gasteiger partial charge in [-0.05, 0) is 42.7 Å². The molecule has 0 saturated carbocycles. The van der Waals surface area contributed by atoms with E-state index in [2.05, 4.69) is 15.0 Å². The predicted molar refractivity (Wildman–Crippen MR) is 108 cm³/mol. The lowest BCUT2D eigenvalue weighted by atomic mass is 10.0. The normalized spacial score (nSPS) is 14.7. The third kappa shape index (κ3) is 4.43. The minimum atomic E-state index is -4.39. The molecule has 0 aliphatic carbocycles. The van der Waals surface area contributed by atoms with Crippen molar-refractivity contribution in [2.75, 3.05) is 18.0 Å². The van der Waals surface area contributed by atoms with Gasteiger partial charge in [-0.2, -0.15) is 18.2 Å². The standard InChI is InChI=1S/C20H18F3N5OS/c1-13-2-4-16(24-10-13)14-6-8-27(9-7-14)18-25-12-28(19(29)26-18)11-15-3-5-17(30-15)20(21,22)23/h2-6,10,12H,7-9,11H2,1H3. The highest BCUT2D eigenvalue weighted by atomic mass is 32.1. The average molecular weight is 433 g/mol. The van der Waals surface area contributed by atoms with Crippen LogP contribution in [0.1, 0.15) is 27.4 Å². The Hall–Kier alpha value is -3.01. The van der Waals surface area contributed by atoms with Crippen molar-refractivity contribution in [2.24, 2.45) is 0 Å². The number of nitrogens with zero attached hydrogens (tertiary/aromatic N) is 5. The van der Waals surface area contributed by atoms with Gasteiger partial charge in [0.2, 0.25) is 5.95 Å². The summed E-state index contributed by atoms with van der Waals surface area (Å²) in [4.78, 5) is 26.7. The van der Waals surface area contributed by atoms with Gasteiger partial charge < -0.3 is 4.90 Å². The SMILES string of the molecule is Cc1ccc(C2=CCN(c3ncn(Cc4ccc(C(F)(F)F)s4)c(=O)n3)CC2)nc1. The van der Waals surface area contributed by atoms with Crippen molar-refractivity contribution < 1.29 is 13.2 Å². The summed E-state index contributed by atoms with van der Waals surface area (Å²) in [7, 11) is 0. The molecule has 0 radical (unpaired) electrons. The molecule has 4 heterocycles. The summed E-state index contributed by atoms with van der Waals surface area (Å²) in [5.74, 6) is 0.311. The molecule has 1 aliphatic heterocycles. The fourth-order valence-corrected chi connectivity index (χ4v) is 4.01. The van der Waals surface area contributed by atoms with Gasteiger partial charge in [0.05, 0.1) is 12.2 Å². The summed E-state index contributed by atoms with van der Waals surface area (Å²) in [5.41, 5.74) is 2.63. The van der Waals surface area contributed by atoms with Crippen LogP contribution in [0.25, 0.3) is 5.57 Å². The maximum absolute atomic E-state index is 12.7. The smallest absolute Gasteiger partial charge is 0.337 e. The first-order valence-corrected chi connectivity index (χ1v) is 10.1. The van der Waals surface area contributed by atoms with Crippen molar-refractivity contribution in [2.45, 2.75) is 26.1 Å². The Kier molecular flexibility index (Phi) is 5.42. The molecule has 0 saturated heterocycles. The highest BCUT2D eigenvalue weighted by molar-refractivity contribution is 7.12. The van der Waals surface area contributed by atoms with Crippen molar-refractivity contribution in [1.82, 2.24) is 19.5 Å². The van der Waals surface area contributed by atoms with E-state index in [1.54, 1.807) is 0 Å². The van der Waals surface area contributed by atoms with E-state index in [4.69, 9.17) is 0 Å². The van der Waals surface area contributed by atoms with Crippen LogP contribution in [0.15, 0.2) is 47.7 Å². The zero-order chi connectivity index (χ0) is 21.3. The summed E-state index contributed by atoms with van der Waals surface area (Å²) < 4.78 is 39.4. The molecule has 1 aliphatic rings. The Labute approximate surface area is 174 Å². The number of aromatic nitrogens is 4. The average Bonchev–Trinajstić information content (AvgIpc) is 3.20. The van der Waals surface area contributed by atoms with Crippen LogP contribution in [0.4, 0.5) is 19.1 Å². The Morgan fingerprint density at radius 3 is 2.60 bits per heavy atom. The number of anilines is 1. The second-order valence-electron chi connectivity index (χ2n) is 6.98. The van der Waals surface area contributed by atoms with Crippen molar-refractivity contribution >= 4 is 22.9 Å². The highest BCUT2D eigenvalue weighted by Gasteiger charge is 2.32. The third-order valence-electron chi connectivity index (χ3n) is 4.75. The Bertz CT molecular complexity index is 1130. The Morgan fingerprint density at radius 2 is 2.00 bits per heavy atom. The highest BCUT2D eigenvalue weighted by Crippen LogP contribution is 2.34. The van der Waals surface area contributed by atoms with Crippen molar-refractivity contribution in [3.63, 3.8) is 0 Å². The number of hydrogen-bond donors (Lipinski definition) is 0. The Balaban J connectivity index is 1.45. The first-order chi connectivity index (χ1) is 14.3. The molecule has 0 bridgehead atoms. The number of halogens is 3. The molecule has 0 fully saturated rings. The van der Waals surface area contributed by atoms with Gasteiger partial charge in [-0.15, -0.1) is 11.3 Å². The van der Waals surface area contributed by atoms with Gasteiger partial charge in [0.1, 0.15) is 11.2 Å². The molecule has 30 heavy (non-hydrogen) atoms. The van der Waals surface area contributed by atoms with E-state index >= 15 is 0 Å². The largest absolute Gasteiger partial charge is 0.425 e. The first-order valence-electron chi connectivity index (χ1n) is 9.26.